The molecule has 0 spiro atoms. The molecule has 5 nitrogen and oxygen atoms in total. The lowest BCUT2D eigenvalue weighted by atomic mass is 10.0. The zero-order valence-corrected chi connectivity index (χ0v) is 14.2. The van der Waals surface area contributed by atoms with E-state index in [1.807, 2.05) is 42.2 Å². The predicted octanol–water partition coefficient (Wildman–Crippen LogP) is 2.46. The number of para-hydroxylation sites is 1. The fraction of sp³-hybridized carbons (Fsp3) is 0.350. The monoisotopic (exact) mass is 335 g/mol. The number of hydrogen-bond acceptors (Lipinski definition) is 3. The molecule has 0 bridgehead atoms. The van der Waals surface area contributed by atoms with Gasteiger partial charge < -0.3 is 10.2 Å². The minimum atomic E-state index is -0.890. The lowest BCUT2D eigenvalue weighted by Crippen LogP contribution is -2.47. The number of carbonyl (C=O) groups excluding carboxylic acids is 2. The standard InChI is InChI=1S/C20H21N3O2/c1-14-12-16-4-2-3-5-17(16)23(14)19(25)20(8-9-20)18(24)22-13-15-6-10-21-11-7-15/h2-7,10-11,14H,8-9,12-13H2,1H3,(H,22,24). The van der Waals surface area contributed by atoms with Gasteiger partial charge in [0.1, 0.15) is 5.41 Å². The molecular weight excluding hydrogens is 314 g/mol. The highest BCUT2D eigenvalue weighted by Crippen LogP contribution is 2.49. The molecule has 2 aromatic rings. The number of anilines is 1. The summed E-state index contributed by atoms with van der Waals surface area (Å²) in [5.41, 5.74) is 2.22. The molecular formula is C20H21N3O2. The van der Waals surface area contributed by atoms with E-state index in [2.05, 4.69) is 16.4 Å². The Morgan fingerprint density at radius 3 is 2.64 bits per heavy atom. The van der Waals surface area contributed by atoms with Crippen molar-refractivity contribution >= 4 is 17.5 Å². The van der Waals surface area contributed by atoms with Crippen LogP contribution in [-0.2, 0) is 22.6 Å². The van der Waals surface area contributed by atoms with Crippen LogP contribution in [0.15, 0.2) is 48.8 Å². The summed E-state index contributed by atoms with van der Waals surface area (Å²) in [4.78, 5) is 31.8. The van der Waals surface area contributed by atoms with Gasteiger partial charge in [-0.05, 0) is 55.5 Å². The van der Waals surface area contributed by atoms with E-state index in [0.29, 0.717) is 19.4 Å². The van der Waals surface area contributed by atoms with Crippen LogP contribution in [0.1, 0.15) is 30.9 Å². The van der Waals surface area contributed by atoms with Crippen molar-refractivity contribution in [2.24, 2.45) is 5.41 Å². The van der Waals surface area contributed by atoms with E-state index >= 15 is 0 Å². The first-order valence-corrected chi connectivity index (χ1v) is 8.70. The molecule has 1 aromatic heterocycles. The highest BCUT2D eigenvalue weighted by molar-refractivity contribution is 6.14. The van der Waals surface area contributed by atoms with E-state index in [1.54, 1.807) is 12.4 Å². The quantitative estimate of drug-likeness (QED) is 0.873. The van der Waals surface area contributed by atoms with E-state index < -0.39 is 5.41 Å². The highest BCUT2D eigenvalue weighted by atomic mass is 16.2. The summed E-state index contributed by atoms with van der Waals surface area (Å²) in [6, 6.07) is 11.8. The molecule has 1 aromatic carbocycles. The van der Waals surface area contributed by atoms with Crippen molar-refractivity contribution in [3.8, 4) is 0 Å². The molecule has 5 heteroatoms. The molecule has 1 aliphatic heterocycles. The van der Waals surface area contributed by atoms with Crippen LogP contribution in [-0.4, -0.2) is 22.8 Å². The number of aromatic nitrogens is 1. The Kier molecular flexibility index (Phi) is 3.79. The molecule has 25 heavy (non-hydrogen) atoms. The van der Waals surface area contributed by atoms with Gasteiger partial charge in [0.05, 0.1) is 0 Å². The molecule has 0 radical (unpaired) electrons. The van der Waals surface area contributed by atoms with Gasteiger partial charge >= 0.3 is 0 Å². The molecule has 2 amide bonds. The van der Waals surface area contributed by atoms with Crippen LogP contribution in [0.4, 0.5) is 5.69 Å². The fourth-order valence-electron chi connectivity index (χ4n) is 3.62. The van der Waals surface area contributed by atoms with Crippen LogP contribution in [0.3, 0.4) is 0 Å². The number of benzene rings is 1. The van der Waals surface area contributed by atoms with Gasteiger partial charge in [0.15, 0.2) is 0 Å². The summed E-state index contributed by atoms with van der Waals surface area (Å²) in [5, 5.41) is 2.93. The number of pyridine rings is 1. The molecule has 128 valence electrons. The Labute approximate surface area is 147 Å². The number of fused-ring (bicyclic) bond motifs is 1. The van der Waals surface area contributed by atoms with E-state index in [-0.39, 0.29) is 17.9 Å². The number of hydrogen-bond donors (Lipinski definition) is 1. The zero-order valence-electron chi connectivity index (χ0n) is 14.2. The topological polar surface area (TPSA) is 62.3 Å². The molecule has 1 aliphatic carbocycles. The SMILES string of the molecule is CC1Cc2ccccc2N1C(=O)C1(C(=O)NCc2ccncc2)CC1. The van der Waals surface area contributed by atoms with Gasteiger partial charge in [0.2, 0.25) is 11.8 Å². The Balaban J connectivity index is 1.51. The lowest BCUT2D eigenvalue weighted by molar-refractivity contribution is -0.136. The fourth-order valence-corrected chi connectivity index (χ4v) is 3.62. The third kappa shape index (κ3) is 2.69. The largest absolute Gasteiger partial charge is 0.351 e. The first kappa shape index (κ1) is 15.8. The van der Waals surface area contributed by atoms with Crippen molar-refractivity contribution in [3.05, 3.63) is 59.9 Å². The van der Waals surface area contributed by atoms with Gasteiger partial charge in [0.25, 0.3) is 0 Å². The molecule has 2 aliphatic rings. The van der Waals surface area contributed by atoms with Crippen LogP contribution in [0.25, 0.3) is 0 Å². The molecule has 1 unspecified atom stereocenters. The zero-order chi connectivity index (χ0) is 17.4. The maximum atomic E-state index is 13.2. The minimum Gasteiger partial charge on any atom is -0.351 e. The van der Waals surface area contributed by atoms with E-state index in [4.69, 9.17) is 0 Å². The van der Waals surface area contributed by atoms with Crippen LogP contribution < -0.4 is 10.2 Å². The van der Waals surface area contributed by atoms with E-state index in [0.717, 1.165) is 17.7 Å². The van der Waals surface area contributed by atoms with E-state index in [9.17, 15) is 9.59 Å². The number of nitrogens with one attached hydrogen (secondary N) is 1. The Bertz CT molecular complexity index is 815. The van der Waals surface area contributed by atoms with Crippen molar-refractivity contribution in [1.29, 1.82) is 0 Å². The average Bonchev–Trinajstić information content (AvgIpc) is 3.38. The number of carbonyl (C=O) groups is 2. The maximum absolute atomic E-state index is 13.2. The smallest absolute Gasteiger partial charge is 0.242 e. The molecule has 1 fully saturated rings. The highest BCUT2D eigenvalue weighted by Gasteiger charge is 2.59. The number of nitrogens with zero attached hydrogens (tertiary/aromatic N) is 2. The van der Waals surface area contributed by atoms with E-state index in [1.165, 1.54) is 5.56 Å². The summed E-state index contributed by atoms with van der Waals surface area (Å²) >= 11 is 0. The summed E-state index contributed by atoms with van der Waals surface area (Å²) in [7, 11) is 0. The Morgan fingerprint density at radius 2 is 1.92 bits per heavy atom. The molecule has 0 saturated heterocycles. The van der Waals surface area contributed by atoms with Crippen LogP contribution >= 0.6 is 0 Å². The maximum Gasteiger partial charge on any atom is 0.242 e. The second kappa shape index (κ2) is 5.99. The van der Waals surface area contributed by atoms with Gasteiger partial charge in [-0.15, -0.1) is 0 Å². The van der Waals surface area contributed by atoms with Crippen molar-refractivity contribution in [2.75, 3.05) is 4.90 Å². The Morgan fingerprint density at radius 1 is 1.20 bits per heavy atom. The third-order valence-electron chi connectivity index (χ3n) is 5.22. The van der Waals surface area contributed by atoms with Crippen molar-refractivity contribution in [3.63, 3.8) is 0 Å². The normalized spacial score (nSPS) is 20.0. The summed E-state index contributed by atoms with van der Waals surface area (Å²) in [6.45, 7) is 2.46. The molecule has 2 heterocycles. The molecule has 1 saturated carbocycles. The first-order chi connectivity index (χ1) is 12.1. The van der Waals surface area contributed by atoms with Gasteiger partial charge in [-0.2, -0.15) is 0 Å². The predicted molar refractivity (Wildman–Crippen MR) is 94.8 cm³/mol. The second-order valence-corrected chi connectivity index (χ2v) is 6.98. The van der Waals surface area contributed by atoms with Crippen molar-refractivity contribution in [2.45, 2.75) is 38.8 Å². The van der Waals surface area contributed by atoms with Gasteiger partial charge in [-0.25, -0.2) is 0 Å². The number of amides is 2. The van der Waals surface area contributed by atoms with Gasteiger partial charge in [0, 0.05) is 30.7 Å². The van der Waals surface area contributed by atoms with Gasteiger partial charge in [-0.3, -0.25) is 14.6 Å². The van der Waals surface area contributed by atoms with Crippen LogP contribution in [0.5, 0.6) is 0 Å². The van der Waals surface area contributed by atoms with Crippen LogP contribution in [0.2, 0.25) is 0 Å². The number of rotatable bonds is 4. The first-order valence-electron chi connectivity index (χ1n) is 8.70. The summed E-state index contributed by atoms with van der Waals surface area (Å²) in [5.74, 6) is -0.219. The summed E-state index contributed by atoms with van der Waals surface area (Å²) < 4.78 is 0. The lowest BCUT2D eigenvalue weighted by Gasteiger charge is -2.27. The third-order valence-corrected chi connectivity index (χ3v) is 5.22. The molecule has 4 rings (SSSR count). The summed E-state index contributed by atoms with van der Waals surface area (Å²) in [6.07, 6.45) is 5.49. The average molecular weight is 335 g/mol. The van der Waals surface area contributed by atoms with Crippen LogP contribution in [0, 0.1) is 5.41 Å². The van der Waals surface area contributed by atoms with Crippen molar-refractivity contribution in [1.82, 2.24) is 10.3 Å². The Hall–Kier alpha value is -2.69. The molecule has 1 atom stereocenters. The minimum absolute atomic E-state index is 0.0582. The van der Waals surface area contributed by atoms with Crippen molar-refractivity contribution < 1.29 is 9.59 Å². The second-order valence-electron chi connectivity index (χ2n) is 6.98. The van der Waals surface area contributed by atoms with Gasteiger partial charge in [-0.1, -0.05) is 18.2 Å². The molecule has 1 N–H and O–H groups in total.